The van der Waals surface area contributed by atoms with Crippen molar-refractivity contribution < 1.29 is 4.79 Å². The van der Waals surface area contributed by atoms with Crippen LogP contribution >= 0.6 is 0 Å². The smallest absolute Gasteiger partial charge is 0.244 e. The maximum Gasteiger partial charge on any atom is 0.244 e. The molecule has 6 nitrogen and oxygen atoms in total. The molecule has 1 aliphatic rings. The number of benzene rings is 2. The van der Waals surface area contributed by atoms with Crippen molar-refractivity contribution in [3.63, 3.8) is 0 Å². The Bertz CT molecular complexity index is 1080. The molecule has 1 aliphatic heterocycles. The highest BCUT2D eigenvalue weighted by Gasteiger charge is 2.22. The second-order valence-electron chi connectivity index (χ2n) is 8.24. The number of carbonyl (C=O) groups is 1. The lowest BCUT2D eigenvalue weighted by Crippen LogP contribution is -2.49. The topological polar surface area (TPSA) is 58.4 Å². The minimum Gasteiger partial charge on any atom is -0.339 e. The van der Waals surface area contributed by atoms with Gasteiger partial charge < -0.3 is 4.90 Å². The van der Waals surface area contributed by atoms with Gasteiger partial charge in [0.05, 0.1) is 11.7 Å². The van der Waals surface area contributed by atoms with Gasteiger partial charge in [-0.2, -0.15) is 5.10 Å². The van der Waals surface area contributed by atoms with Gasteiger partial charge in [0.2, 0.25) is 11.3 Å². The molecule has 4 rings (SSSR count). The lowest BCUT2D eigenvalue weighted by molar-refractivity contribution is -0.133. The molecule has 1 aromatic heterocycles. The number of fused-ring (bicyclic) bond motifs is 1. The summed E-state index contributed by atoms with van der Waals surface area (Å²) >= 11 is 0. The minimum absolute atomic E-state index is 0.0391. The van der Waals surface area contributed by atoms with Gasteiger partial charge in [-0.25, -0.2) is 0 Å². The quantitative estimate of drug-likeness (QED) is 0.656. The van der Waals surface area contributed by atoms with E-state index in [1.165, 1.54) is 17.3 Å². The van der Waals surface area contributed by atoms with Crippen molar-refractivity contribution in [2.24, 2.45) is 0 Å². The third kappa shape index (κ3) is 4.44. The van der Waals surface area contributed by atoms with Gasteiger partial charge in [0.25, 0.3) is 0 Å². The predicted octanol–water partition coefficient (Wildman–Crippen LogP) is 2.86. The van der Waals surface area contributed by atoms with Crippen LogP contribution in [0.1, 0.15) is 30.9 Å². The van der Waals surface area contributed by atoms with Crippen LogP contribution in [0.5, 0.6) is 0 Å². The van der Waals surface area contributed by atoms with Gasteiger partial charge in [-0.1, -0.05) is 50.2 Å². The van der Waals surface area contributed by atoms with E-state index in [0.29, 0.717) is 29.9 Å². The number of rotatable bonds is 5. The lowest BCUT2D eigenvalue weighted by Gasteiger charge is -2.35. The van der Waals surface area contributed by atoms with E-state index in [2.05, 4.69) is 48.1 Å². The van der Waals surface area contributed by atoms with Gasteiger partial charge in [-0.15, -0.1) is 0 Å². The second kappa shape index (κ2) is 8.79. The largest absolute Gasteiger partial charge is 0.339 e. The Labute approximate surface area is 176 Å². The Morgan fingerprint density at radius 2 is 1.70 bits per heavy atom. The number of nitrogens with zero attached hydrogens (tertiary/aromatic N) is 4. The molecule has 6 heteroatoms. The third-order valence-corrected chi connectivity index (χ3v) is 5.82. The van der Waals surface area contributed by atoms with Crippen LogP contribution in [-0.4, -0.2) is 51.7 Å². The van der Waals surface area contributed by atoms with Crippen LogP contribution in [0.3, 0.4) is 0 Å². The first kappa shape index (κ1) is 20.3. The average molecular weight is 405 g/mol. The number of amides is 1. The van der Waals surface area contributed by atoms with Crippen LogP contribution in [0.15, 0.2) is 59.5 Å². The summed E-state index contributed by atoms with van der Waals surface area (Å²) in [6.45, 7) is 8.60. The van der Waals surface area contributed by atoms with Crippen molar-refractivity contribution in [2.45, 2.75) is 32.9 Å². The van der Waals surface area contributed by atoms with Crippen molar-refractivity contribution in [1.82, 2.24) is 19.6 Å². The fraction of sp³-hybridized carbons (Fsp3) is 0.375. The molecule has 156 valence electrons. The lowest BCUT2D eigenvalue weighted by atomic mass is 10.0. The Kier molecular flexibility index (Phi) is 5.95. The highest BCUT2D eigenvalue weighted by atomic mass is 16.2. The summed E-state index contributed by atoms with van der Waals surface area (Å²) in [5.41, 5.74) is 3.24. The summed E-state index contributed by atoms with van der Waals surface area (Å²) < 4.78 is 1.63. The van der Waals surface area contributed by atoms with Gasteiger partial charge in [-0.05, 0) is 29.2 Å². The summed E-state index contributed by atoms with van der Waals surface area (Å²) in [7, 11) is 0. The summed E-state index contributed by atoms with van der Waals surface area (Å²) in [6, 6.07) is 16.1. The molecule has 0 aliphatic carbocycles. The molecule has 1 saturated heterocycles. The number of aromatic nitrogens is 2. The molecule has 2 heterocycles. The van der Waals surface area contributed by atoms with Crippen molar-refractivity contribution in [2.75, 3.05) is 26.2 Å². The SMILES string of the molecule is CC(C)c1ccc(CN2CCN(C(=O)Cn3ncc(=O)c4ccccc43)CC2)cc1. The molecule has 1 fully saturated rings. The molecule has 30 heavy (non-hydrogen) atoms. The molecule has 3 aromatic rings. The number of para-hydroxylation sites is 1. The number of hydrogen-bond acceptors (Lipinski definition) is 4. The number of piperazine rings is 1. The zero-order chi connectivity index (χ0) is 21.1. The number of hydrogen-bond donors (Lipinski definition) is 0. The van der Waals surface area contributed by atoms with Crippen LogP contribution in [-0.2, 0) is 17.9 Å². The second-order valence-corrected chi connectivity index (χ2v) is 8.24. The van der Waals surface area contributed by atoms with Crippen LogP contribution in [0.2, 0.25) is 0 Å². The first-order chi connectivity index (χ1) is 14.5. The monoisotopic (exact) mass is 404 g/mol. The van der Waals surface area contributed by atoms with E-state index in [9.17, 15) is 9.59 Å². The zero-order valence-corrected chi connectivity index (χ0v) is 17.6. The molecule has 0 radical (unpaired) electrons. The molecule has 0 atom stereocenters. The van der Waals surface area contributed by atoms with Gasteiger partial charge >= 0.3 is 0 Å². The molecule has 0 N–H and O–H groups in total. The zero-order valence-electron chi connectivity index (χ0n) is 17.6. The average Bonchev–Trinajstić information content (AvgIpc) is 2.77. The van der Waals surface area contributed by atoms with Gasteiger partial charge in [-0.3, -0.25) is 19.2 Å². The summed E-state index contributed by atoms with van der Waals surface area (Å²) in [6.07, 6.45) is 1.29. The van der Waals surface area contributed by atoms with Crippen molar-refractivity contribution in [3.05, 3.63) is 76.1 Å². The highest BCUT2D eigenvalue weighted by Crippen LogP contribution is 2.16. The molecular weight excluding hydrogens is 376 g/mol. The van der Waals surface area contributed by atoms with Crippen molar-refractivity contribution in [1.29, 1.82) is 0 Å². The van der Waals surface area contributed by atoms with E-state index >= 15 is 0 Å². The van der Waals surface area contributed by atoms with E-state index in [-0.39, 0.29) is 17.9 Å². The summed E-state index contributed by atoms with van der Waals surface area (Å²) in [5, 5.41) is 4.77. The van der Waals surface area contributed by atoms with E-state index in [1.54, 1.807) is 10.7 Å². The molecule has 2 aromatic carbocycles. The Morgan fingerprint density at radius 3 is 2.40 bits per heavy atom. The molecule has 0 bridgehead atoms. The molecule has 0 unspecified atom stereocenters. The van der Waals surface area contributed by atoms with Crippen LogP contribution in [0.25, 0.3) is 10.9 Å². The molecule has 0 saturated carbocycles. The van der Waals surface area contributed by atoms with Gasteiger partial charge in [0.15, 0.2) is 0 Å². The Hall–Kier alpha value is -2.99. The maximum atomic E-state index is 12.8. The van der Waals surface area contributed by atoms with Crippen LogP contribution in [0, 0.1) is 0 Å². The van der Waals surface area contributed by atoms with Crippen molar-refractivity contribution in [3.8, 4) is 0 Å². The van der Waals surface area contributed by atoms with E-state index < -0.39 is 0 Å². The predicted molar refractivity (Wildman–Crippen MR) is 118 cm³/mol. The van der Waals surface area contributed by atoms with Crippen LogP contribution in [0.4, 0.5) is 0 Å². The maximum absolute atomic E-state index is 12.8. The standard InChI is InChI=1S/C24H28N4O2/c1-18(2)20-9-7-19(8-10-20)16-26-11-13-27(14-12-26)24(30)17-28-22-6-4-3-5-21(22)23(29)15-25-28/h3-10,15,18H,11-14,16-17H2,1-2H3. The first-order valence-corrected chi connectivity index (χ1v) is 10.5. The van der Waals surface area contributed by atoms with E-state index in [4.69, 9.17) is 0 Å². The normalized spacial score (nSPS) is 15.1. The summed E-state index contributed by atoms with van der Waals surface area (Å²) in [4.78, 5) is 29.1. The molecular formula is C24H28N4O2. The first-order valence-electron chi connectivity index (χ1n) is 10.5. The Morgan fingerprint density at radius 1 is 1.00 bits per heavy atom. The highest BCUT2D eigenvalue weighted by molar-refractivity contribution is 5.81. The minimum atomic E-state index is -0.121. The van der Waals surface area contributed by atoms with Gasteiger partial charge in [0, 0.05) is 38.1 Å². The van der Waals surface area contributed by atoms with Gasteiger partial charge in [0.1, 0.15) is 6.54 Å². The number of carbonyl (C=O) groups excluding carboxylic acids is 1. The summed E-state index contributed by atoms with van der Waals surface area (Å²) in [5.74, 6) is 0.583. The third-order valence-electron chi connectivity index (χ3n) is 5.82. The van der Waals surface area contributed by atoms with E-state index in [1.807, 2.05) is 23.1 Å². The molecule has 0 spiro atoms. The van der Waals surface area contributed by atoms with E-state index in [0.717, 1.165) is 19.6 Å². The van der Waals surface area contributed by atoms with Crippen molar-refractivity contribution >= 4 is 16.8 Å². The Balaban J connectivity index is 1.35. The fourth-order valence-electron chi connectivity index (χ4n) is 3.94. The molecule has 1 amide bonds. The van der Waals surface area contributed by atoms with Crippen LogP contribution < -0.4 is 5.43 Å². The fourth-order valence-corrected chi connectivity index (χ4v) is 3.94.